The maximum atomic E-state index is 6.01. The summed E-state index contributed by atoms with van der Waals surface area (Å²) in [6.07, 6.45) is 2.69. The van der Waals surface area contributed by atoms with Crippen LogP contribution in [-0.2, 0) is 0 Å². The molecule has 2 N–H and O–H groups in total. The Morgan fingerprint density at radius 3 is 2.78 bits per heavy atom. The van der Waals surface area contributed by atoms with Gasteiger partial charge in [-0.2, -0.15) is 0 Å². The molecule has 0 aliphatic carbocycles. The van der Waals surface area contributed by atoms with Crippen LogP contribution in [0.1, 0.15) is 24.9 Å². The van der Waals surface area contributed by atoms with E-state index >= 15 is 0 Å². The van der Waals surface area contributed by atoms with Crippen LogP contribution in [0.4, 0.5) is 0 Å². The van der Waals surface area contributed by atoms with Gasteiger partial charge in [-0.25, -0.2) is 0 Å². The molecule has 0 spiro atoms. The molecule has 18 heavy (non-hydrogen) atoms. The highest BCUT2D eigenvalue weighted by molar-refractivity contribution is 5.89. The van der Waals surface area contributed by atoms with E-state index in [9.17, 15) is 0 Å². The van der Waals surface area contributed by atoms with Crippen LogP contribution in [0, 0.1) is 0 Å². The summed E-state index contributed by atoms with van der Waals surface area (Å²) in [7, 11) is 0. The topological polar surface area (TPSA) is 35.2 Å². The molecule has 0 saturated carbocycles. The normalized spacial score (nSPS) is 12.3. The Bertz CT molecular complexity index is 546. The second kappa shape index (κ2) is 5.69. The van der Waals surface area contributed by atoms with Gasteiger partial charge in [-0.1, -0.05) is 42.5 Å². The Balaban J connectivity index is 2.48. The lowest BCUT2D eigenvalue weighted by Gasteiger charge is -2.16. The maximum absolute atomic E-state index is 6.01. The van der Waals surface area contributed by atoms with E-state index in [-0.39, 0.29) is 6.04 Å². The molecule has 0 saturated heterocycles. The second-order valence-corrected chi connectivity index (χ2v) is 4.42. The molecule has 94 valence electrons. The average molecular weight is 241 g/mol. The average Bonchev–Trinajstić information content (AvgIpc) is 2.38. The molecule has 2 rings (SSSR count). The van der Waals surface area contributed by atoms with Gasteiger partial charge in [-0.05, 0) is 18.7 Å². The zero-order chi connectivity index (χ0) is 13.0. The Hall–Kier alpha value is -1.80. The van der Waals surface area contributed by atoms with Gasteiger partial charge in [0.25, 0.3) is 0 Å². The van der Waals surface area contributed by atoms with Gasteiger partial charge >= 0.3 is 0 Å². The summed E-state index contributed by atoms with van der Waals surface area (Å²) in [6, 6.07) is 12.3. The molecule has 0 heterocycles. The summed E-state index contributed by atoms with van der Waals surface area (Å²) < 4.78 is 5.90. The number of ether oxygens (including phenoxy) is 1. The molecule has 0 radical (unpaired) electrons. The lowest BCUT2D eigenvalue weighted by Crippen LogP contribution is -2.09. The van der Waals surface area contributed by atoms with E-state index in [0.29, 0.717) is 6.61 Å². The minimum atomic E-state index is -0.0339. The Morgan fingerprint density at radius 2 is 2.06 bits per heavy atom. The van der Waals surface area contributed by atoms with Gasteiger partial charge in [0, 0.05) is 17.0 Å². The molecule has 2 heteroatoms. The molecule has 2 aromatic carbocycles. The van der Waals surface area contributed by atoms with Crippen LogP contribution in [-0.4, -0.2) is 6.61 Å². The van der Waals surface area contributed by atoms with E-state index in [1.165, 1.54) is 5.39 Å². The molecule has 1 atom stereocenters. The van der Waals surface area contributed by atoms with Crippen molar-refractivity contribution in [2.75, 3.05) is 6.61 Å². The Labute approximate surface area is 108 Å². The van der Waals surface area contributed by atoms with Crippen molar-refractivity contribution < 1.29 is 4.74 Å². The number of hydrogen-bond donors (Lipinski definition) is 1. The van der Waals surface area contributed by atoms with Crippen molar-refractivity contribution >= 4 is 10.8 Å². The van der Waals surface area contributed by atoms with Crippen molar-refractivity contribution in [2.45, 2.75) is 19.4 Å². The summed E-state index contributed by atoms with van der Waals surface area (Å²) in [5, 5.41) is 2.30. The van der Waals surface area contributed by atoms with Gasteiger partial charge in [0.1, 0.15) is 5.75 Å². The molecule has 1 unspecified atom stereocenters. The third-order valence-electron chi connectivity index (χ3n) is 2.97. The van der Waals surface area contributed by atoms with Gasteiger partial charge in [0.15, 0.2) is 0 Å². The quantitative estimate of drug-likeness (QED) is 0.638. The van der Waals surface area contributed by atoms with Gasteiger partial charge in [-0.15, -0.1) is 6.58 Å². The SMILES string of the molecule is C=CCCOc1c(C(C)N)ccc2ccccc12. The first-order valence-corrected chi connectivity index (χ1v) is 6.25. The van der Waals surface area contributed by atoms with E-state index in [2.05, 4.69) is 30.8 Å². The van der Waals surface area contributed by atoms with Crippen molar-refractivity contribution in [2.24, 2.45) is 5.73 Å². The largest absolute Gasteiger partial charge is 0.492 e. The van der Waals surface area contributed by atoms with E-state index in [1.807, 2.05) is 25.1 Å². The van der Waals surface area contributed by atoms with Crippen LogP contribution in [0.15, 0.2) is 49.1 Å². The summed E-state index contributed by atoms with van der Waals surface area (Å²) in [5.41, 5.74) is 7.06. The molecule has 0 aliphatic heterocycles. The van der Waals surface area contributed by atoms with Gasteiger partial charge < -0.3 is 10.5 Å². The van der Waals surface area contributed by atoms with E-state index in [0.717, 1.165) is 23.1 Å². The highest BCUT2D eigenvalue weighted by atomic mass is 16.5. The van der Waals surface area contributed by atoms with Crippen LogP contribution in [0.3, 0.4) is 0 Å². The highest BCUT2D eigenvalue weighted by Gasteiger charge is 2.11. The molecule has 2 aromatic rings. The third-order valence-corrected chi connectivity index (χ3v) is 2.97. The standard InChI is InChI=1S/C16H19NO/c1-3-4-11-18-16-14(12(2)17)10-9-13-7-5-6-8-15(13)16/h3,5-10,12H,1,4,11,17H2,2H3. The number of benzene rings is 2. The fourth-order valence-corrected chi connectivity index (χ4v) is 2.02. The molecule has 0 amide bonds. The Morgan fingerprint density at radius 1 is 1.28 bits per heavy atom. The van der Waals surface area contributed by atoms with Crippen molar-refractivity contribution in [3.05, 3.63) is 54.6 Å². The van der Waals surface area contributed by atoms with Gasteiger partial charge in [-0.3, -0.25) is 0 Å². The first kappa shape index (κ1) is 12.7. The second-order valence-electron chi connectivity index (χ2n) is 4.42. The number of rotatable bonds is 5. The summed E-state index contributed by atoms with van der Waals surface area (Å²) in [6.45, 7) is 6.32. The molecule has 0 bridgehead atoms. The first-order valence-electron chi connectivity index (χ1n) is 6.25. The van der Waals surface area contributed by atoms with Crippen molar-refractivity contribution in [1.29, 1.82) is 0 Å². The van der Waals surface area contributed by atoms with Crippen LogP contribution < -0.4 is 10.5 Å². The Kier molecular flexibility index (Phi) is 4.00. The van der Waals surface area contributed by atoms with Crippen molar-refractivity contribution in [1.82, 2.24) is 0 Å². The molecule has 0 aliphatic rings. The minimum Gasteiger partial charge on any atom is -0.492 e. The van der Waals surface area contributed by atoms with Crippen molar-refractivity contribution in [3.63, 3.8) is 0 Å². The zero-order valence-corrected chi connectivity index (χ0v) is 10.7. The predicted molar refractivity (Wildman–Crippen MR) is 76.9 cm³/mol. The van der Waals surface area contributed by atoms with Gasteiger partial charge in [0.05, 0.1) is 6.61 Å². The monoisotopic (exact) mass is 241 g/mol. The summed E-state index contributed by atoms with van der Waals surface area (Å²) in [5.74, 6) is 0.907. The minimum absolute atomic E-state index is 0.0339. The number of nitrogens with two attached hydrogens (primary N) is 1. The molecular formula is C16H19NO. The summed E-state index contributed by atoms with van der Waals surface area (Å²) >= 11 is 0. The lowest BCUT2D eigenvalue weighted by molar-refractivity contribution is 0.324. The van der Waals surface area contributed by atoms with Crippen LogP contribution >= 0.6 is 0 Å². The first-order chi connectivity index (χ1) is 8.74. The number of hydrogen-bond acceptors (Lipinski definition) is 2. The maximum Gasteiger partial charge on any atom is 0.131 e. The highest BCUT2D eigenvalue weighted by Crippen LogP contribution is 2.32. The zero-order valence-electron chi connectivity index (χ0n) is 10.7. The van der Waals surface area contributed by atoms with Crippen molar-refractivity contribution in [3.8, 4) is 5.75 Å². The third kappa shape index (κ3) is 2.54. The van der Waals surface area contributed by atoms with E-state index in [4.69, 9.17) is 10.5 Å². The molecule has 0 aromatic heterocycles. The fraction of sp³-hybridized carbons (Fsp3) is 0.250. The predicted octanol–water partition coefficient (Wildman–Crippen LogP) is 3.81. The van der Waals surface area contributed by atoms with Crippen LogP contribution in [0.5, 0.6) is 5.75 Å². The lowest BCUT2D eigenvalue weighted by atomic mass is 10.0. The molecule has 0 fully saturated rings. The summed E-state index contributed by atoms with van der Waals surface area (Å²) in [4.78, 5) is 0. The smallest absolute Gasteiger partial charge is 0.131 e. The van der Waals surface area contributed by atoms with E-state index < -0.39 is 0 Å². The fourth-order valence-electron chi connectivity index (χ4n) is 2.02. The molecular weight excluding hydrogens is 222 g/mol. The van der Waals surface area contributed by atoms with Crippen LogP contribution in [0.2, 0.25) is 0 Å². The van der Waals surface area contributed by atoms with Gasteiger partial charge in [0.2, 0.25) is 0 Å². The number of fused-ring (bicyclic) bond motifs is 1. The van der Waals surface area contributed by atoms with E-state index in [1.54, 1.807) is 0 Å². The van der Waals surface area contributed by atoms with Crippen LogP contribution in [0.25, 0.3) is 10.8 Å². The molecule has 2 nitrogen and oxygen atoms in total.